The lowest BCUT2D eigenvalue weighted by Crippen LogP contribution is -2.02. The summed E-state index contributed by atoms with van der Waals surface area (Å²) >= 11 is 0. The van der Waals surface area contributed by atoms with Crippen LogP contribution < -0.4 is 10.5 Å². The van der Waals surface area contributed by atoms with Crippen molar-refractivity contribution < 1.29 is 4.74 Å². The first-order chi connectivity index (χ1) is 6.31. The summed E-state index contributed by atoms with van der Waals surface area (Å²) < 4.78 is 5.49. The molecule has 1 heterocycles. The topological polar surface area (TPSA) is 71.9 Å². The Hall–Kier alpha value is -1.76. The van der Waals surface area contributed by atoms with Crippen LogP contribution in [0.25, 0.3) is 0 Å². The third kappa shape index (κ3) is 1.54. The first-order valence-corrected chi connectivity index (χ1v) is 4.12. The number of pyridine rings is 1. The third-order valence-corrected chi connectivity index (χ3v) is 1.87. The number of nitriles is 1. The average molecular weight is 175 g/mol. The van der Waals surface area contributed by atoms with Gasteiger partial charge < -0.3 is 10.5 Å². The van der Waals surface area contributed by atoms with Crippen molar-refractivity contribution in [3.8, 4) is 11.8 Å². The fourth-order valence-electron chi connectivity index (χ4n) is 1.04. The summed E-state index contributed by atoms with van der Waals surface area (Å²) in [5, 5.41) is 8.78. The highest BCUT2D eigenvalue weighted by Gasteiger charge is 2.25. The van der Waals surface area contributed by atoms with Crippen LogP contribution in [0.3, 0.4) is 0 Å². The van der Waals surface area contributed by atoms with Gasteiger partial charge >= 0.3 is 0 Å². The fraction of sp³-hybridized carbons (Fsp3) is 0.333. The van der Waals surface area contributed by atoms with E-state index in [4.69, 9.17) is 15.7 Å². The van der Waals surface area contributed by atoms with Gasteiger partial charge in [-0.15, -0.1) is 0 Å². The molecule has 0 bridgehead atoms. The van der Waals surface area contributed by atoms with E-state index in [0.29, 0.717) is 11.3 Å². The minimum absolute atomic E-state index is 0.237. The number of hydrogen-bond acceptors (Lipinski definition) is 4. The lowest BCUT2D eigenvalue weighted by atomic mass is 10.2. The van der Waals surface area contributed by atoms with Crippen molar-refractivity contribution in [1.29, 1.82) is 5.26 Å². The number of rotatable bonds is 2. The summed E-state index contributed by atoms with van der Waals surface area (Å²) in [5.41, 5.74) is 5.86. The molecule has 66 valence electrons. The molecule has 1 fully saturated rings. The fourth-order valence-corrected chi connectivity index (χ4v) is 1.04. The summed E-state index contributed by atoms with van der Waals surface area (Å²) in [6.07, 6.45) is 3.95. The number of aromatic nitrogens is 1. The molecule has 1 saturated carbocycles. The minimum atomic E-state index is 0.237. The quantitative estimate of drug-likeness (QED) is 0.729. The molecule has 0 unspecified atom stereocenters. The Morgan fingerprint density at radius 2 is 2.38 bits per heavy atom. The van der Waals surface area contributed by atoms with Crippen LogP contribution in [0.4, 0.5) is 5.82 Å². The van der Waals surface area contributed by atoms with Crippen LogP contribution in [0.5, 0.6) is 5.75 Å². The molecule has 0 aromatic carbocycles. The molecule has 4 nitrogen and oxygen atoms in total. The van der Waals surface area contributed by atoms with E-state index < -0.39 is 0 Å². The van der Waals surface area contributed by atoms with Crippen molar-refractivity contribution in [3.63, 3.8) is 0 Å². The summed E-state index contributed by atoms with van der Waals surface area (Å²) in [5.74, 6) is 0.790. The van der Waals surface area contributed by atoms with Crippen molar-refractivity contribution in [2.45, 2.75) is 18.9 Å². The van der Waals surface area contributed by atoms with Crippen LogP contribution in [-0.2, 0) is 0 Å². The minimum Gasteiger partial charge on any atom is -0.489 e. The van der Waals surface area contributed by atoms with E-state index in [1.54, 1.807) is 12.3 Å². The van der Waals surface area contributed by atoms with Crippen LogP contribution in [0, 0.1) is 11.3 Å². The van der Waals surface area contributed by atoms with E-state index in [0.717, 1.165) is 12.8 Å². The Morgan fingerprint density at radius 3 is 3.00 bits per heavy atom. The smallest absolute Gasteiger partial charge is 0.145 e. The van der Waals surface area contributed by atoms with E-state index in [2.05, 4.69) is 4.98 Å². The summed E-state index contributed by atoms with van der Waals surface area (Å²) in [4.78, 5) is 3.81. The van der Waals surface area contributed by atoms with E-state index in [1.807, 2.05) is 6.07 Å². The zero-order valence-corrected chi connectivity index (χ0v) is 7.03. The number of nitrogen functional groups attached to an aromatic ring is 1. The predicted molar refractivity (Wildman–Crippen MR) is 47.0 cm³/mol. The molecule has 1 aromatic heterocycles. The SMILES string of the molecule is N#Cc1c(OC2CC2)ccnc1N. The Bertz CT molecular complexity index is 366. The van der Waals surface area contributed by atoms with Crippen molar-refractivity contribution >= 4 is 5.82 Å². The maximum atomic E-state index is 8.78. The van der Waals surface area contributed by atoms with Gasteiger partial charge in [0.05, 0.1) is 6.10 Å². The van der Waals surface area contributed by atoms with Crippen LogP contribution >= 0.6 is 0 Å². The van der Waals surface area contributed by atoms with E-state index in [-0.39, 0.29) is 11.9 Å². The van der Waals surface area contributed by atoms with Gasteiger partial charge in [0, 0.05) is 12.3 Å². The van der Waals surface area contributed by atoms with E-state index in [9.17, 15) is 0 Å². The normalized spacial score (nSPS) is 15.0. The zero-order chi connectivity index (χ0) is 9.26. The van der Waals surface area contributed by atoms with Crippen molar-refractivity contribution in [2.75, 3.05) is 5.73 Å². The van der Waals surface area contributed by atoms with Gasteiger partial charge in [0.2, 0.25) is 0 Å². The molecule has 1 aliphatic rings. The maximum absolute atomic E-state index is 8.78. The Morgan fingerprint density at radius 1 is 1.62 bits per heavy atom. The zero-order valence-electron chi connectivity index (χ0n) is 7.03. The second-order valence-electron chi connectivity index (χ2n) is 3.00. The Labute approximate surface area is 76.0 Å². The van der Waals surface area contributed by atoms with Crippen LogP contribution in [0.15, 0.2) is 12.3 Å². The molecule has 0 amide bonds. The molecule has 0 spiro atoms. The molecule has 2 N–H and O–H groups in total. The molecule has 0 saturated heterocycles. The number of hydrogen-bond donors (Lipinski definition) is 1. The molecule has 2 rings (SSSR count). The first kappa shape index (κ1) is 7.87. The largest absolute Gasteiger partial charge is 0.489 e. The molecule has 0 atom stereocenters. The van der Waals surface area contributed by atoms with Gasteiger partial charge in [0.15, 0.2) is 0 Å². The number of ether oxygens (including phenoxy) is 1. The second-order valence-corrected chi connectivity index (χ2v) is 3.00. The summed E-state index contributed by atoms with van der Waals surface area (Å²) in [6, 6.07) is 3.66. The van der Waals surface area contributed by atoms with Crippen LogP contribution in [0.1, 0.15) is 18.4 Å². The lowest BCUT2D eigenvalue weighted by Gasteiger charge is -2.06. The number of nitrogens with two attached hydrogens (primary N) is 1. The second kappa shape index (κ2) is 2.94. The molecule has 1 aromatic rings. The molecular formula is C9H9N3O. The molecular weight excluding hydrogens is 166 g/mol. The van der Waals surface area contributed by atoms with Crippen molar-refractivity contribution in [2.24, 2.45) is 0 Å². The first-order valence-electron chi connectivity index (χ1n) is 4.12. The van der Waals surface area contributed by atoms with Gasteiger partial charge in [-0.3, -0.25) is 0 Å². The van der Waals surface area contributed by atoms with E-state index in [1.165, 1.54) is 0 Å². The molecule has 4 heteroatoms. The molecule has 0 aliphatic heterocycles. The highest BCUT2D eigenvalue weighted by atomic mass is 16.5. The molecule has 13 heavy (non-hydrogen) atoms. The summed E-state index contributed by atoms with van der Waals surface area (Å²) in [7, 11) is 0. The number of nitrogens with zero attached hydrogens (tertiary/aromatic N) is 2. The highest BCUT2D eigenvalue weighted by molar-refractivity contribution is 5.56. The van der Waals surface area contributed by atoms with Gasteiger partial charge in [-0.25, -0.2) is 4.98 Å². The van der Waals surface area contributed by atoms with Crippen molar-refractivity contribution in [3.05, 3.63) is 17.8 Å². The van der Waals surface area contributed by atoms with Crippen molar-refractivity contribution in [1.82, 2.24) is 4.98 Å². The van der Waals surface area contributed by atoms with Gasteiger partial charge in [0.25, 0.3) is 0 Å². The average Bonchev–Trinajstić information content (AvgIpc) is 2.89. The van der Waals surface area contributed by atoms with Crippen LogP contribution in [-0.4, -0.2) is 11.1 Å². The lowest BCUT2D eigenvalue weighted by molar-refractivity contribution is 0.302. The Balaban J connectivity index is 2.32. The third-order valence-electron chi connectivity index (χ3n) is 1.87. The molecule has 0 radical (unpaired) electrons. The monoisotopic (exact) mass is 175 g/mol. The standard InChI is InChI=1S/C9H9N3O/c10-5-7-8(13-6-1-2-6)3-4-12-9(7)11/h3-4,6H,1-2H2,(H2,11,12). The predicted octanol–water partition coefficient (Wildman–Crippen LogP) is 1.08. The maximum Gasteiger partial charge on any atom is 0.145 e. The highest BCUT2D eigenvalue weighted by Crippen LogP contribution is 2.29. The van der Waals surface area contributed by atoms with Gasteiger partial charge in [-0.05, 0) is 12.8 Å². The van der Waals surface area contributed by atoms with E-state index >= 15 is 0 Å². The summed E-state index contributed by atoms with van der Waals surface area (Å²) in [6.45, 7) is 0. The Kier molecular flexibility index (Phi) is 1.78. The van der Waals surface area contributed by atoms with Gasteiger partial charge in [-0.2, -0.15) is 5.26 Å². The van der Waals surface area contributed by atoms with Gasteiger partial charge in [-0.1, -0.05) is 0 Å². The number of anilines is 1. The van der Waals surface area contributed by atoms with Crippen LogP contribution in [0.2, 0.25) is 0 Å². The molecule has 1 aliphatic carbocycles. The van der Waals surface area contributed by atoms with Gasteiger partial charge in [0.1, 0.15) is 23.2 Å².